The fraction of sp³-hybridized carbons (Fsp3) is 0.385. The van der Waals surface area contributed by atoms with Crippen LogP contribution in [0.25, 0.3) is 0 Å². The number of ketones is 1. The predicted octanol–water partition coefficient (Wildman–Crippen LogP) is 4.80. The normalized spacial score (nSPS) is 20.9. The lowest BCUT2D eigenvalue weighted by Gasteiger charge is -2.34. The van der Waals surface area contributed by atoms with Crippen LogP contribution < -0.4 is 14.8 Å². The van der Waals surface area contributed by atoms with Crippen LogP contribution in [0.3, 0.4) is 0 Å². The highest BCUT2D eigenvalue weighted by Crippen LogP contribution is 2.44. The zero-order valence-electron chi connectivity index (χ0n) is 18.4. The number of Topliss-reactive ketones (excluding diaryl/α,β-unsaturated/α-hetero) is 1. The highest BCUT2D eigenvalue weighted by Gasteiger charge is 2.38. The van der Waals surface area contributed by atoms with Crippen LogP contribution in [0.5, 0.6) is 11.5 Å². The molecule has 1 N–H and O–H groups in total. The molecule has 0 saturated heterocycles. The van der Waals surface area contributed by atoms with E-state index < -0.39 is 0 Å². The molecular weight excluding hydrogens is 390 g/mol. The Morgan fingerprint density at radius 2 is 1.55 bits per heavy atom. The molecule has 1 amide bonds. The van der Waals surface area contributed by atoms with Crippen molar-refractivity contribution >= 4 is 11.7 Å². The van der Waals surface area contributed by atoms with Crippen LogP contribution in [0.2, 0.25) is 0 Å². The number of aryl methyl sites for hydroxylation is 1. The topological polar surface area (TPSA) is 64.6 Å². The van der Waals surface area contributed by atoms with Crippen molar-refractivity contribution in [3.05, 3.63) is 70.4 Å². The van der Waals surface area contributed by atoms with E-state index in [1.54, 1.807) is 0 Å². The predicted molar refractivity (Wildman–Crippen MR) is 119 cm³/mol. The second kappa shape index (κ2) is 8.96. The minimum Gasteiger partial charge on any atom is -0.490 e. The summed E-state index contributed by atoms with van der Waals surface area (Å²) in [6.07, 6.45) is 1.39. The molecule has 31 heavy (non-hydrogen) atoms. The summed E-state index contributed by atoms with van der Waals surface area (Å²) in [5.74, 6) is 1.22. The van der Waals surface area contributed by atoms with Gasteiger partial charge in [-0.3, -0.25) is 9.59 Å². The van der Waals surface area contributed by atoms with Gasteiger partial charge in [-0.2, -0.15) is 0 Å². The van der Waals surface area contributed by atoms with E-state index >= 15 is 0 Å². The second-order valence-corrected chi connectivity index (χ2v) is 8.21. The first-order valence-electron chi connectivity index (χ1n) is 11.0. The van der Waals surface area contributed by atoms with Gasteiger partial charge >= 0.3 is 0 Å². The monoisotopic (exact) mass is 419 g/mol. The van der Waals surface area contributed by atoms with E-state index in [0.29, 0.717) is 37.6 Å². The van der Waals surface area contributed by atoms with Crippen LogP contribution in [0.15, 0.2) is 53.7 Å². The van der Waals surface area contributed by atoms with E-state index in [2.05, 4.69) is 36.5 Å². The Labute approximate surface area is 183 Å². The Hall–Kier alpha value is -3.08. The van der Waals surface area contributed by atoms with Gasteiger partial charge in [-0.05, 0) is 56.4 Å². The van der Waals surface area contributed by atoms with E-state index in [9.17, 15) is 9.59 Å². The summed E-state index contributed by atoms with van der Waals surface area (Å²) in [4.78, 5) is 25.8. The Bertz CT molecular complexity index is 1020. The lowest BCUT2D eigenvalue weighted by atomic mass is 9.73. The van der Waals surface area contributed by atoms with Crippen molar-refractivity contribution in [2.45, 2.75) is 51.9 Å². The fourth-order valence-corrected chi connectivity index (χ4v) is 4.60. The van der Waals surface area contributed by atoms with Crippen molar-refractivity contribution in [2.75, 3.05) is 13.2 Å². The van der Waals surface area contributed by atoms with Crippen LogP contribution >= 0.6 is 0 Å². The number of nitrogens with one attached hydrogen (secondary N) is 1. The van der Waals surface area contributed by atoms with Gasteiger partial charge in [-0.1, -0.05) is 35.9 Å². The SMILES string of the molecule is CCOc1ccc(C2CC(=O)NC3=C2C(=O)CC(c2ccc(C)cc2)C3)cc1OCC. The number of ether oxygens (including phenoxy) is 2. The molecule has 2 aliphatic rings. The van der Waals surface area contributed by atoms with Crippen LogP contribution in [-0.2, 0) is 9.59 Å². The summed E-state index contributed by atoms with van der Waals surface area (Å²) in [5, 5.41) is 2.99. The molecule has 1 aliphatic heterocycles. The number of hydrogen-bond acceptors (Lipinski definition) is 4. The molecule has 0 aromatic heterocycles. The maximum atomic E-state index is 13.3. The van der Waals surface area contributed by atoms with E-state index in [1.807, 2.05) is 32.0 Å². The van der Waals surface area contributed by atoms with Gasteiger partial charge in [0.25, 0.3) is 0 Å². The van der Waals surface area contributed by atoms with Gasteiger partial charge in [0.2, 0.25) is 5.91 Å². The minimum atomic E-state index is -0.259. The number of amides is 1. The number of carbonyl (C=O) groups is 2. The lowest BCUT2D eigenvalue weighted by molar-refractivity contribution is -0.122. The minimum absolute atomic E-state index is 0.0482. The maximum Gasteiger partial charge on any atom is 0.225 e. The van der Waals surface area contributed by atoms with Crippen molar-refractivity contribution in [3.8, 4) is 11.5 Å². The zero-order chi connectivity index (χ0) is 22.0. The third-order valence-corrected chi connectivity index (χ3v) is 6.05. The molecule has 2 unspecified atom stereocenters. The van der Waals surface area contributed by atoms with E-state index in [0.717, 1.165) is 22.4 Å². The molecule has 1 heterocycles. The summed E-state index contributed by atoms with van der Waals surface area (Å²) >= 11 is 0. The van der Waals surface area contributed by atoms with E-state index in [4.69, 9.17) is 9.47 Å². The number of carbonyl (C=O) groups excluding carboxylic acids is 2. The first kappa shape index (κ1) is 21.2. The Balaban J connectivity index is 1.69. The number of hydrogen-bond donors (Lipinski definition) is 1. The molecule has 1 aliphatic carbocycles. The third kappa shape index (κ3) is 4.36. The summed E-state index contributed by atoms with van der Waals surface area (Å²) in [6, 6.07) is 14.0. The third-order valence-electron chi connectivity index (χ3n) is 6.05. The maximum absolute atomic E-state index is 13.3. The molecule has 0 fully saturated rings. The number of benzene rings is 2. The molecular formula is C26H29NO4. The van der Waals surface area contributed by atoms with Gasteiger partial charge in [0.1, 0.15) is 0 Å². The summed E-state index contributed by atoms with van der Waals surface area (Å²) < 4.78 is 11.4. The molecule has 0 bridgehead atoms. The van der Waals surface area contributed by atoms with Gasteiger partial charge in [0.15, 0.2) is 17.3 Å². The fourth-order valence-electron chi connectivity index (χ4n) is 4.60. The second-order valence-electron chi connectivity index (χ2n) is 8.21. The first-order chi connectivity index (χ1) is 15.0. The molecule has 2 aromatic carbocycles. The molecule has 5 nitrogen and oxygen atoms in total. The van der Waals surface area contributed by atoms with Crippen molar-refractivity contribution < 1.29 is 19.1 Å². The Kier molecular flexibility index (Phi) is 6.12. The largest absolute Gasteiger partial charge is 0.490 e. The highest BCUT2D eigenvalue weighted by molar-refractivity contribution is 6.02. The highest BCUT2D eigenvalue weighted by atomic mass is 16.5. The summed E-state index contributed by atoms with van der Waals surface area (Å²) in [5.41, 5.74) is 4.76. The molecule has 0 saturated carbocycles. The number of allylic oxidation sites excluding steroid dienone is 2. The van der Waals surface area contributed by atoms with Crippen LogP contribution in [0.1, 0.15) is 61.6 Å². The van der Waals surface area contributed by atoms with Gasteiger partial charge in [0.05, 0.1) is 13.2 Å². The van der Waals surface area contributed by atoms with Crippen LogP contribution in [-0.4, -0.2) is 24.9 Å². The van der Waals surface area contributed by atoms with Crippen LogP contribution in [0, 0.1) is 6.92 Å². The lowest BCUT2D eigenvalue weighted by Crippen LogP contribution is -2.38. The average Bonchev–Trinajstić information content (AvgIpc) is 2.75. The van der Waals surface area contributed by atoms with Gasteiger partial charge in [0, 0.05) is 30.0 Å². The smallest absolute Gasteiger partial charge is 0.225 e. The van der Waals surface area contributed by atoms with Gasteiger partial charge < -0.3 is 14.8 Å². The molecule has 4 rings (SSSR count). The molecule has 5 heteroatoms. The number of rotatable bonds is 6. The van der Waals surface area contributed by atoms with Crippen LogP contribution in [0.4, 0.5) is 0 Å². The van der Waals surface area contributed by atoms with E-state index in [1.165, 1.54) is 5.56 Å². The van der Waals surface area contributed by atoms with Gasteiger partial charge in [-0.15, -0.1) is 0 Å². The molecule has 162 valence electrons. The molecule has 0 radical (unpaired) electrons. The quantitative estimate of drug-likeness (QED) is 0.731. The molecule has 2 aromatic rings. The van der Waals surface area contributed by atoms with Crippen molar-refractivity contribution in [1.29, 1.82) is 0 Å². The molecule has 2 atom stereocenters. The Morgan fingerprint density at radius 1 is 0.871 bits per heavy atom. The summed E-state index contributed by atoms with van der Waals surface area (Å²) in [6.45, 7) is 6.96. The first-order valence-corrected chi connectivity index (χ1v) is 11.0. The standard InChI is InChI=1S/C26H29NO4/c1-4-30-23-11-10-18(14-24(23)31-5-2)20-15-25(29)27-21-12-19(13-22(28)26(20)21)17-8-6-16(3)7-9-17/h6-11,14,19-20H,4-5,12-13,15H2,1-3H3,(H,27,29). The van der Waals surface area contributed by atoms with Crippen molar-refractivity contribution in [2.24, 2.45) is 0 Å². The Morgan fingerprint density at radius 3 is 2.26 bits per heavy atom. The van der Waals surface area contributed by atoms with Gasteiger partial charge in [-0.25, -0.2) is 0 Å². The van der Waals surface area contributed by atoms with E-state index in [-0.39, 0.29) is 29.9 Å². The van der Waals surface area contributed by atoms with Crippen molar-refractivity contribution in [1.82, 2.24) is 5.32 Å². The van der Waals surface area contributed by atoms with Crippen molar-refractivity contribution in [3.63, 3.8) is 0 Å². The molecule has 0 spiro atoms. The zero-order valence-corrected chi connectivity index (χ0v) is 18.4. The average molecular weight is 420 g/mol. The summed E-state index contributed by atoms with van der Waals surface area (Å²) in [7, 11) is 0.